The molecule has 0 radical (unpaired) electrons. The smallest absolute Gasteiger partial charge is 0.306 e. The summed E-state index contributed by atoms with van der Waals surface area (Å²) in [6.07, 6.45) is 0.504. The highest BCUT2D eigenvalue weighted by atomic mass is 16.4. The number of nitriles is 2. The van der Waals surface area contributed by atoms with Crippen molar-refractivity contribution in [1.29, 1.82) is 10.5 Å². The molecule has 6 nitrogen and oxygen atoms in total. The molecule has 0 fully saturated rings. The molecule has 0 heterocycles. The number of carboxylic acid groups (broad SMARTS) is 1. The second-order valence-electron chi connectivity index (χ2n) is 4.90. The maximum absolute atomic E-state index is 10.9. The van der Waals surface area contributed by atoms with Crippen LogP contribution in [0.1, 0.15) is 40.5 Å². The van der Waals surface area contributed by atoms with Gasteiger partial charge >= 0.3 is 5.97 Å². The molecule has 0 aromatic rings. The number of aliphatic carboxylic acids is 1. The zero-order chi connectivity index (χ0) is 14.4. The largest absolute Gasteiger partial charge is 0.481 e. The maximum Gasteiger partial charge on any atom is 0.306 e. The molecule has 0 aromatic carbocycles. The predicted octanol–water partition coefficient (Wildman–Crippen LogP) is 2.52. The molecule has 0 rings (SSSR count). The van der Waals surface area contributed by atoms with Gasteiger partial charge in [0.15, 0.2) is 11.1 Å². The highest BCUT2D eigenvalue weighted by Gasteiger charge is 2.31. The molecule has 6 heteroatoms. The van der Waals surface area contributed by atoms with Gasteiger partial charge < -0.3 is 5.11 Å². The van der Waals surface area contributed by atoms with Crippen LogP contribution in [0.15, 0.2) is 10.2 Å². The van der Waals surface area contributed by atoms with Crippen molar-refractivity contribution in [2.45, 2.75) is 51.6 Å². The van der Waals surface area contributed by atoms with Crippen LogP contribution in [0, 0.1) is 28.6 Å². The molecule has 0 aliphatic heterocycles. The lowest BCUT2D eigenvalue weighted by atomic mass is 9.89. The Hall–Kier alpha value is -1.95. The molecule has 0 saturated heterocycles. The van der Waals surface area contributed by atoms with E-state index >= 15 is 0 Å². The first-order valence-corrected chi connectivity index (χ1v) is 5.69. The van der Waals surface area contributed by atoms with Crippen LogP contribution < -0.4 is 0 Å². The third kappa shape index (κ3) is 4.92. The van der Waals surface area contributed by atoms with Gasteiger partial charge in [-0.1, -0.05) is 6.92 Å². The molecule has 0 aromatic heterocycles. The second kappa shape index (κ2) is 6.11. The molecule has 2 unspecified atom stereocenters. The summed E-state index contributed by atoms with van der Waals surface area (Å²) in [4.78, 5) is 10.9. The Kier molecular flexibility index (Phi) is 5.45. The van der Waals surface area contributed by atoms with Gasteiger partial charge in [-0.2, -0.15) is 20.8 Å². The van der Waals surface area contributed by atoms with Crippen molar-refractivity contribution in [2.24, 2.45) is 16.1 Å². The summed E-state index contributed by atoms with van der Waals surface area (Å²) in [7, 11) is 0. The third-order valence-corrected chi connectivity index (χ3v) is 2.52. The average molecular weight is 250 g/mol. The number of carboxylic acids is 1. The number of hydrogen-bond donors (Lipinski definition) is 1. The van der Waals surface area contributed by atoms with Crippen molar-refractivity contribution >= 4 is 5.97 Å². The first kappa shape index (κ1) is 16.1. The van der Waals surface area contributed by atoms with Crippen LogP contribution in [-0.2, 0) is 4.79 Å². The minimum absolute atomic E-state index is 0.0837. The van der Waals surface area contributed by atoms with E-state index in [0.717, 1.165) is 0 Å². The van der Waals surface area contributed by atoms with Crippen molar-refractivity contribution < 1.29 is 9.90 Å². The van der Waals surface area contributed by atoms with Gasteiger partial charge in [-0.25, -0.2) is 0 Å². The maximum atomic E-state index is 10.9. The highest BCUT2D eigenvalue weighted by Crippen LogP contribution is 2.25. The van der Waals surface area contributed by atoms with E-state index in [0.29, 0.717) is 6.42 Å². The van der Waals surface area contributed by atoms with E-state index in [1.165, 1.54) is 6.92 Å². The van der Waals surface area contributed by atoms with Gasteiger partial charge in [0.25, 0.3) is 0 Å². The van der Waals surface area contributed by atoms with Crippen LogP contribution in [-0.4, -0.2) is 22.2 Å². The third-order valence-electron chi connectivity index (χ3n) is 2.52. The SMILES string of the molecule is CCC(CC(C)(C#N)N=NC(C)(C)C#N)C(=O)O. The Morgan fingerprint density at radius 1 is 1.28 bits per heavy atom. The summed E-state index contributed by atoms with van der Waals surface area (Å²) in [6.45, 7) is 6.41. The van der Waals surface area contributed by atoms with E-state index in [4.69, 9.17) is 15.6 Å². The monoisotopic (exact) mass is 250 g/mol. The fourth-order valence-corrected chi connectivity index (χ4v) is 1.25. The van der Waals surface area contributed by atoms with Crippen LogP contribution in [0.4, 0.5) is 0 Å². The van der Waals surface area contributed by atoms with Crippen LogP contribution in [0.5, 0.6) is 0 Å². The summed E-state index contributed by atoms with van der Waals surface area (Å²) in [5, 5.41) is 34.6. The first-order chi connectivity index (χ1) is 8.19. The lowest BCUT2D eigenvalue weighted by Gasteiger charge is -2.20. The van der Waals surface area contributed by atoms with Gasteiger partial charge in [0, 0.05) is 6.42 Å². The van der Waals surface area contributed by atoms with E-state index < -0.39 is 23.0 Å². The molecule has 98 valence electrons. The van der Waals surface area contributed by atoms with Gasteiger partial charge in [-0.15, -0.1) is 0 Å². The Morgan fingerprint density at radius 3 is 2.17 bits per heavy atom. The van der Waals surface area contributed by atoms with Crippen molar-refractivity contribution in [2.75, 3.05) is 0 Å². The summed E-state index contributed by atoms with van der Waals surface area (Å²) >= 11 is 0. The number of hydrogen-bond acceptors (Lipinski definition) is 5. The molecular formula is C12H18N4O2. The van der Waals surface area contributed by atoms with Crippen molar-refractivity contribution in [1.82, 2.24) is 0 Å². The molecule has 18 heavy (non-hydrogen) atoms. The molecule has 1 N–H and O–H groups in total. The first-order valence-electron chi connectivity index (χ1n) is 5.69. The standard InChI is InChI=1S/C12H18N4O2/c1-5-9(10(17)18)6-12(4,8-14)16-15-11(2,3)7-13/h9H,5-6H2,1-4H3,(H,17,18). The summed E-state index contributed by atoms with van der Waals surface area (Å²) in [5.41, 5.74) is -2.23. The average Bonchev–Trinajstić information content (AvgIpc) is 2.33. The van der Waals surface area contributed by atoms with Crippen molar-refractivity contribution in [3.8, 4) is 12.1 Å². The molecule has 0 spiro atoms. The quantitative estimate of drug-likeness (QED) is 0.730. The van der Waals surface area contributed by atoms with Crippen LogP contribution in [0.3, 0.4) is 0 Å². The Labute approximate surface area is 107 Å². The van der Waals surface area contributed by atoms with Crippen LogP contribution in [0.2, 0.25) is 0 Å². The van der Waals surface area contributed by atoms with E-state index in [-0.39, 0.29) is 6.42 Å². The molecule has 0 amide bonds. The predicted molar refractivity (Wildman–Crippen MR) is 64.6 cm³/mol. The summed E-state index contributed by atoms with van der Waals surface area (Å²) in [6, 6.07) is 3.90. The van der Waals surface area contributed by atoms with E-state index in [1.807, 2.05) is 12.1 Å². The minimum atomic E-state index is -1.22. The van der Waals surface area contributed by atoms with E-state index in [2.05, 4.69) is 10.2 Å². The van der Waals surface area contributed by atoms with Gasteiger partial charge in [0.2, 0.25) is 0 Å². The molecule has 0 aliphatic carbocycles. The molecular weight excluding hydrogens is 232 g/mol. The molecule has 0 aliphatic rings. The summed E-state index contributed by atoms with van der Waals surface area (Å²) in [5.74, 6) is -1.59. The normalized spacial score (nSPS) is 16.6. The van der Waals surface area contributed by atoms with Crippen LogP contribution in [0.25, 0.3) is 0 Å². The lowest BCUT2D eigenvalue weighted by Crippen LogP contribution is -2.28. The molecule has 0 bridgehead atoms. The lowest BCUT2D eigenvalue weighted by molar-refractivity contribution is -0.142. The van der Waals surface area contributed by atoms with Crippen LogP contribution >= 0.6 is 0 Å². The number of carbonyl (C=O) groups is 1. The van der Waals surface area contributed by atoms with Crippen molar-refractivity contribution in [3.05, 3.63) is 0 Å². The molecule has 0 saturated carbocycles. The number of azo groups is 1. The summed E-state index contributed by atoms with van der Waals surface area (Å²) < 4.78 is 0. The number of rotatable bonds is 6. The fourth-order valence-electron chi connectivity index (χ4n) is 1.25. The van der Waals surface area contributed by atoms with Gasteiger partial charge in [-0.05, 0) is 27.2 Å². The van der Waals surface area contributed by atoms with E-state index in [9.17, 15) is 4.79 Å². The minimum Gasteiger partial charge on any atom is -0.481 e. The zero-order valence-corrected chi connectivity index (χ0v) is 11.1. The van der Waals surface area contributed by atoms with Gasteiger partial charge in [0.1, 0.15) is 0 Å². The number of nitrogens with zero attached hydrogens (tertiary/aromatic N) is 4. The topological polar surface area (TPSA) is 110 Å². The van der Waals surface area contributed by atoms with Gasteiger partial charge in [-0.3, -0.25) is 4.79 Å². The van der Waals surface area contributed by atoms with E-state index in [1.54, 1.807) is 20.8 Å². The van der Waals surface area contributed by atoms with Gasteiger partial charge in [0.05, 0.1) is 18.1 Å². The molecule has 2 atom stereocenters. The Bertz CT molecular complexity index is 417. The highest BCUT2D eigenvalue weighted by molar-refractivity contribution is 5.70. The second-order valence-corrected chi connectivity index (χ2v) is 4.90. The fraction of sp³-hybridized carbons (Fsp3) is 0.750. The Balaban J connectivity index is 5.01. The van der Waals surface area contributed by atoms with Crippen molar-refractivity contribution in [3.63, 3.8) is 0 Å². The zero-order valence-electron chi connectivity index (χ0n) is 11.1. The Morgan fingerprint density at radius 2 is 1.83 bits per heavy atom.